The second kappa shape index (κ2) is 5.09. The Bertz CT molecular complexity index is 559. The van der Waals surface area contributed by atoms with E-state index < -0.39 is 0 Å². The van der Waals surface area contributed by atoms with E-state index >= 15 is 0 Å². The van der Waals surface area contributed by atoms with Crippen molar-refractivity contribution in [3.63, 3.8) is 0 Å². The smallest absolute Gasteiger partial charge is 0.0104 e. The molecule has 0 aliphatic heterocycles. The van der Waals surface area contributed by atoms with Crippen LogP contribution in [0.25, 0.3) is 11.1 Å². The first kappa shape index (κ1) is 12.2. The summed E-state index contributed by atoms with van der Waals surface area (Å²) in [5.41, 5.74) is 6.09. The van der Waals surface area contributed by atoms with Crippen LogP contribution in [0.4, 0.5) is 0 Å². The van der Waals surface area contributed by atoms with Crippen LogP contribution in [0, 0.1) is 5.92 Å². The molecule has 0 spiro atoms. The molecule has 1 saturated carbocycles. The van der Waals surface area contributed by atoms with Crippen LogP contribution in [0.5, 0.6) is 0 Å². The van der Waals surface area contributed by atoms with Crippen LogP contribution in [0.3, 0.4) is 0 Å². The Balaban J connectivity index is 1.71. The van der Waals surface area contributed by atoms with Crippen LogP contribution >= 0.6 is 0 Å². The summed E-state index contributed by atoms with van der Waals surface area (Å²) in [7, 11) is 0. The largest absolute Gasteiger partial charge is 0.0619 e. The maximum absolute atomic E-state index is 2.35. The van der Waals surface area contributed by atoms with Crippen LogP contribution in [0.15, 0.2) is 48.5 Å². The molecule has 4 rings (SSSR count). The standard InChI is InChI=1S/C20H22/c1-2-8-15(9-3-1)14-20-18-12-6-4-10-16(18)17-11-5-7-13-19(17)20/h4-7,10-13,15,20H,1-3,8-9,14H2. The van der Waals surface area contributed by atoms with Crippen molar-refractivity contribution >= 4 is 0 Å². The Labute approximate surface area is 121 Å². The molecule has 0 heterocycles. The van der Waals surface area contributed by atoms with Gasteiger partial charge in [-0.3, -0.25) is 0 Å². The normalized spacial score (nSPS) is 18.8. The molecule has 0 atom stereocenters. The molecule has 1 fully saturated rings. The van der Waals surface area contributed by atoms with Crippen LogP contribution < -0.4 is 0 Å². The number of hydrogen-bond donors (Lipinski definition) is 0. The molecule has 0 unspecified atom stereocenters. The zero-order valence-corrected chi connectivity index (χ0v) is 12.0. The van der Waals surface area contributed by atoms with Crippen molar-refractivity contribution in [3.05, 3.63) is 59.7 Å². The molecule has 0 nitrogen and oxygen atoms in total. The number of benzene rings is 2. The fourth-order valence-corrected chi connectivity index (χ4v) is 4.27. The highest BCUT2D eigenvalue weighted by molar-refractivity contribution is 5.78. The minimum Gasteiger partial charge on any atom is -0.0619 e. The molecule has 2 aliphatic carbocycles. The van der Waals surface area contributed by atoms with Gasteiger partial charge >= 0.3 is 0 Å². The van der Waals surface area contributed by atoms with Gasteiger partial charge < -0.3 is 0 Å². The third-order valence-corrected chi connectivity index (χ3v) is 5.26. The average Bonchev–Trinajstić information content (AvgIpc) is 2.84. The van der Waals surface area contributed by atoms with E-state index in [0.29, 0.717) is 5.92 Å². The lowest BCUT2D eigenvalue weighted by Crippen LogP contribution is -2.10. The number of fused-ring (bicyclic) bond motifs is 3. The molecule has 0 heteroatoms. The van der Waals surface area contributed by atoms with Gasteiger partial charge in [0, 0.05) is 5.92 Å². The van der Waals surface area contributed by atoms with Gasteiger partial charge in [0.15, 0.2) is 0 Å². The molecule has 2 aromatic rings. The Morgan fingerprint density at radius 1 is 0.700 bits per heavy atom. The van der Waals surface area contributed by atoms with E-state index in [9.17, 15) is 0 Å². The quantitative estimate of drug-likeness (QED) is 0.644. The molecule has 0 saturated heterocycles. The minimum atomic E-state index is 0.644. The van der Waals surface area contributed by atoms with E-state index in [1.807, 2.05) is 0 Å². The number of hydrogen-bond acceptors (Lipinski definition) is 0. The zero-order chi connectivity index (χ0) is 13.4. The van der Waals surface area contributed by atoms with Crippen LogP contribution in [0.1, 0.15) is 55.6 Å². The Morgan fingerprint density at radius 3 is 1.85 bits per heavy atom. The summed E-state index contributed by atoms with van der Waals surface area (Å²) in [6, 6.07) is 18.1. The fraction of sp³-hybridized carbons (Fsp3) is 0.400. The van der Waals surface area contributed by atoms with Crippen molar-refractivity contribution in [1.29, 1.82) is 0 Å². The highest BCUT2D eigenvalue weighted by Crippen LogP contribution is 2.48. The zero-order valence-electron chi connectivity index (χ0n) is 12.0. The molecule has 0 bridgehead atoms. The van der Waals surface area contributed by atoms with Crippen molar-refractivity contribution in [2.45, 2.75) is 44.4 Å². The summed E-state index contributed by atoms with van der Waals surface area (Å²) in [5.74, 6) is 1.58. The van der Waals surface area contributed by atoms with Crippen molar-refractivity contribution in [2.24, 2.45) is 5.92 Å². The van der Waals surface area contributed by atoms with Gasteiger partial charge in [-0.2, -0.15) is 0 Å². The molecule has 0 radical (unpaired) electrons. The third-order valence-electron chi connectivity index (χ3n) is 5.26. The second-order valence-electron chi connectivity index (χ2n) is 6.47. The van der Waals surface area contributed by atoms with Gasteiger partial charge in [0.1, 0.15) is 0 Å². The van der Waals surface area contributed by atoms with Crippen LogP contribution in [0.2, 0.25) is 0 Å². The summed E-state index contributed by atoms with van der Waals surface area (Å²) in [6.07, 6.45) is 8.59. The van der Waals surface area contributed by atoms with Crippen LogP contribution in [-0.2, 0) is 0 Å². The van der Waals surface area contributed by atoms with Crippen molar-refractivity contribution in [1.82, 2.24) is 0 Å². The van der Waals surface area contributed by atoms with Gasteiger partial charge in [-0.15, -0.1) is 0 Å². The van der Waals surface area contributed by atoms with Crippen LogP contribution in [-0.4, -0.2) is 0 Å². The van der Waals surface area contributed by atoms with Gasteiger partial charge in [-0.1, -0.05) is 80.6 Å². The van der Waals surface area contributed by atoms with E-state index in [1.165, 1.54) is 49.7 Å². The Hall–Kier alpha value is -1.56. The lowest BCUT2D eigenvalue weighted by Gasteiger charge is -2.25. The average molecular weight is 262 g/mol. The topological polar surface area (TPSA) is 0 Å². The van der Waals surface area contributed by atoms with Crippen molar-refractivity contribution < 1.29 is 0 Å². The number of rotatable bonds is 2. The molecule has 20 heavy (non-hydrogen) atoms. The predicted octanol–water partition coefficient (Wildman–Crippen LogP) is 5.77. The molecule has 0 N–H and O–H groups in total. The van der Waals surface area contributed by atoms with E-state index in [0.717, 1.165) is 5.92 Å². The summed E-state index contributed by atoms with van der Waals surface area (Å²) < 4.78 is 0. The Morgan fingerprint density at radius 2 is 1.25 bits per heavy atom. The molecule has 2 aromatic carbocycles. The first-order valence-corrected chi connectivity index (χ1v) is 8.12. The summed E-state index contributed by atoms with van der Waals surface area (Å²) in [4.78, 5) is 0. The van der Waals surface area contributed by atoms with Gasteiger partial charge in [-0.05, 0) is 34.6 Å². The first-order valence-electron chi connectivity index (χ1n) is 8.12. The highest BCUT2D eigenvalue weighted by Gasteiger charge is 2.30. The summed E-state index contributed by atoms with van der Waals surface area (Å²) >= 11 is 0. The van der Waals surface area contributed by atoms with E-state index in [4.69, 9.17) is 0 Å². The molecular weight excluding hydrogens is 240 g/mol. The van der Waals surface area contributed by atoms with Gasteiger partial charge in [0.2, 0.25) is 0 Å². The lowest BCUT2D eigenvalue weighted by molar-refractivity contribution is 0.329. The SMILES string of the molecule is c1ccc2c(c1)-c1ccccc1C2CC1CCCCC1. The van der Waals surface area contributed by atoms with E-state index in [1.54, 1.807) is 11.1 Å². The second-order valence-corrected chi connectivity index (χ2v) is 6.47. The maximum atomic E-state index is 2.35. The maximum Gasteiger partial charge on any atom is 0.0104 e. The fourth-order valence-electron chi connectivity index (χ4n) is 4.27. The monoisotopic (exact) mass is 262 g/mol. The minimum absolute atomic E-state index is 0.644. The van der Waals surface area contributed by atoms with E-state index in [-0.39, 0.29) is 0 Å². The predicted molar refractivity (Wildman–Crippen MR) is 84.9 cm³/mol. The van der Waals surface area contributed by atoms with Crippen molar-refractivity contribution in [3.8, 4) is 11.1 Å². The summed E-state index contributed by atoms with van der Waals surface area (Å²) in [5, 5.41) is 0. The van der Waals surface area contributed by atoms with Gasteiger partial charge in [-0.25, -0.2) is 0 Å². The highest BCUT2D eigenvalue weighted by atomic mass is 14.3. The molecule has 2 aliphatic rings. The van der Waals surface area contributed by atoms with Crippen molar-refractivity contribution in [2.75, 3.05) is 0 Å². The molecule has 0 aromatic heterocycles. The first-order chi connectivity index (χ1) is 9.93. The van der Waals surface area contributed by atoms with Gasteiger partial charge in [0.25, 0.3) is 0 Å². The molecule has 0 amide bonds. The molecule has 102 valence electrons. The summed E-state index contributed by atoms with van der Waals surface area (Å²) in [6.45, 7) is 0. The Kier molecular flexibility index (Phi) is 3.10. The van der Waals surface area contributed by atoms with Gasteiger partial charge in [0.05, 0.1) is 0 Å². The molecular formula is C20H22. The lowest BCUT2D eigenvalue weighted by atomic mass is 9.80. The third kappa shape index (κ3) is 1.98. The van der Waals surface area contributed by atoms with E-state index in [2.05, 4.69) is 48.5 Å².